The van der Waals surface area contributed by atoms with Gasteiger partial charge in [0.05, 0.1) is 24.7 Å². The monoisotopic (exact) mass is 280 g/mol. The molecule has 0 aromatic heterocycles. The zero-order chi connectivity index (χ0) is 14.6. The summed E-state index contributed by atoms with van der Waals surface area (Å²) in [4.78, 5) is 2.45. The highest BCUT2D eigenvalue weighted by atomic mass is 16.7. The molecule has 0 bridgehead atoms. The molecule has 0 amide bonds. The molecular formula is C16H28N2O2. The quantitative estimate of drug-likeness (QED) is 0.777. The topological polar surface area (TPSA) is 45.5 Å². The summed E-state index contributed by atoms with van der Waals surface area (Å²) < 4.78 is 11.5. The van der Waals surface area contributed by atoms with Gasteiger partial charge in [-0.05, 0) is 53.1 Å². The van der Waals surface area contributed by atoms with Crippen LogP contribution in [0.1, 0.15) is 52.4 Å². The van der Waals surface area contributed by atoms with E-state index in [0.717, 1.165) is 58.3 Å². The van der Waals surface area contributed by atoms with Crippen LogP contribution in [-0.4, -0.2) is 43.5 Å². The lowest BCUT2D eigenvalue weighted by Crippen LogP contribution is -2.43. The first kappa shape index (κ1) is 15.8. The molecule has 0 radical (unpaired) electrons. The minimum absolute atomic E-state index is 0.191. The van der Waals surface area contributed by atoms with Crippen LogP contribution in [0.25, 0.3) is 0 Å². The Morgan fingerprint density at radius 1 is 1.25 bits per heavy atom. The maximum atomic E-state index is 9.03. The van der Waals surface area contributed by atoms with Gasteiger partial charge in [-0.1, -0.05) is 0 Å². The van der Waals surface area contributed by atoms with Gasteiger partial charge in [-0.15, -0.1) is 0 Å². The van der Waals surface area contributed by atoms with E-state index in [4.69, 9.17) is 14.7 Å². The Labute approximate surface area is 123 Å². The Kier molecular flexibility index (Phi) is 5.06. The number of hydrogen-bond donors (Lipinski definition) is 0. The van der Waals surface area contributed by atoms with Crippen molar-refractivity contribution < 1.29 is 9.47 Å². The Bertz CT molecular complexity index is 346. The van der Waals surface area contributed by atoms with Crippen LogP contribution in [0.15, 0.2) is 0 Å². The van der Waals surface area contributed by atoms with E-state index in [-0.39, 0.29) is 11.2 Å². The molecular weight excluding hydrogens is 252 g/mol. The third-order valence-corrected chi connectivity index (χ3v) is 4.77. The van der Waals surface area contributed by atoms with E-state index < -0.39 is 0 Å². The number of rotatable bonds is 5. The molecule has 2 aliphatic rings. The summed E-state index contributed by atoms with van der Waals surface area (Å²) in [6, 6.07) is 3.01. The summed E-state index contributed by atoms with van der Waals surface area (Å²) in [6.07, 6.45) is 6.40. The first-order valence-corrected chi connectivity index (χ1v) is 7.86. The standard InChI is InChI=1S/C16H28N2O2/c1-15(2,13-17)7-4-10-18(3)14-5-8-16(9-6-14)19-11-12-20-16/h14H,4-12H2,1-3H3. The molecule has 0 N–H and O–H groups in total. The minimum atomic E-state index is -0.250. The molecule has 1 saturated heterocycles. The zero-order valence-electron chi connectivity index (χ0n) is 13.2. The highest BCUT2D eigenvalue weighted by Crippen LogP contribution is 2.37. The zero-order valence-corrected chi connectivity index (χ0v) is 13.2. The average molecular weight is 280 g/mol. The predicted molar refractivity (Wildman–Crippen MR) is 78.1 cm³/mol. The van der Waals surface area contributed by atoms with Gasteiger partial charge in [0, 0.05) is 18.9 Å². The molecule has 2 rings (SSSR count). The first-order valence-electron chi connectivity index (χ1n) is 7.86. The lowest BCUT2D eigenvalue weighted by Gasteiger charge is -2.39. The van der Waals surface area contributed by atoms with Gasteiger partial charge in [-0.2, -0.15) is 5.26 Å². The maximum absolute atomic E-state index is 9.03. The Morgan fingerprint density at radius 3 is 2.40 bits per heavy atom. The molecule has 1 heterocycles. The van der Waals surface area contributed by atoms with Crippen LogP contribution in [0.5, 0.6) is 0 Å². The molecule has 0 atom stereocenters. The Morgan fingerprint density at radius 2 is 1.85 bits per heavy atom. The second-order valence-electron chi connectivity index (χ2n) is 6.92. The van der Waals surface area contributed by atoms with Crippen LogP contribution in [0.2, 0.25) is 0 Å². The van der Waals surface area contributed by atoms with Gasteiger partial charge in [-0.3, -0.25) is 0 Å². The van der Waals surface area contributed by atoms with Crippen molar-refractivity contribution in [3.8, 4) is 6.07 Å². The van der Waals surface area contributed by atoms with Crippen molar-refractivity contribution in [1.29, 1.82) is 5.26 Å². The van der Waals surface area contributed by atoms with Crippen molar-refractivity contribution >= 4 is 0 Å². The van der Waals surface area contributed by atoms with Gasteiger partial charge < -0.3 is 14.4 Å². The molecule has 4 nitrogen and oxygen atoms in total. The molecule has 20 heavy (non-hydrogen) atoms. The molecule has 0 aromatic rings. The number of ether oxygens (including phenoxy) is 2. The molecule has 1 spiro atoms. The molecule has 0 aromatic carbocycles. The molecule has 2 fully saturated rings. The fraction of sp³-hybridized carbons (Fsp3) is 0.938. The van der Waals surface area contributed by atoms with Gasteiger partial charge in [0.2, 0.25) is 0 Å². The molecule has 1 aliphatic heterocycles. The Balaban J connectivity index is 1.69. The second kappa shape index (κ2) is 6.43. The van der Waals surface area contributed by atoms with Crippen molar-refractivity contribution in [1.82, 2.24) is 4.90 Å². The first-order chi connectivity index (χ1) is 9.46. The van der Waals surface area contributed by atoms with E-state index in [1.165, 1.54) is 0 Å². The van der Waals surface area contributed by atoms with Crippen LogP contribution in [0.3, 0.4) is 0 Å². The minimum Gasteiger partial charge on any atom is -0.348 e. The van der Waals surface area contributed by atoms with Crippen molar-refractivity contribution in [3.63, 3.8) is 0 Å². The lowest BCUT2D eigenvalue weighted by molar-refractivity contribution is -0.183. The summed E-state index contributed by atoms with van der Waals surface area (Å²) in [5.74, 6) is -0.250. The molecule has 0 unspecified atom stereocenters. The van der Waals surface area contributed by atoms with E-state index in [0.29, 0.717) is 6.04 Å². The fourth-order valence-corrected chi connectivity index (χ4v) is 3.28. The van der Waals surface area contributed by atoms with Crippen LogP contribution in [0, 0.1) is 16.7 Å². The highest BCUT2D eigenvalue weighted by Gasteiger charge is 2.40. The van der Waals surface area contributed by atoms with Gasteiger partial charge in [0.1, 0.15) is 0 Å². The Hall–Kier alpha value is -0.630. The van der Waals surface area contributed by atoms with Crippen molar-refractivity contribution in [2.75, 3.05) is 26.8 Å². The van der Waals surface area contributed by atoms with Crippen LogP contribution < -0.4 is 0 Å². The largest absolute Gasteiger partial charge is 0.348 e. The summed E-state index contributed by atoms with van der Waals surface area (Å²) in [7, 11) is 2.21. The lowest BCUT2D eigenvalue weighted by atomic mass is 9.88. The number of nitriles is 1. The van der Waals surface area contributed by atoms with E-state index >= 15 is 0 Å². The highest BCUT2D eigenvalue weighted by molar-refractivity contribution is 4.92. The fourth-order valence-electron chi connectivity index (χ4n) is 3.28. The SMILES string of the molecule is CN(CCCC(C)(C)C#N)C1CCC2(CC1)OCCO2. The molecule has 114 valence electrons. The van der Waals surface area contributed by atoms with E-state index in [1.54, 1.807) is 0 Å². The van der Waals surface area contributed by atoms with E-state index in [9.17, 15) is 0 Å². The third-order valence-electron chi connectivity index (χ3n) is 4.77. The summed E-state index contributed by atoms with van der Waals surface area (Å²) in [5.41, 5.74) is -0.191. The number of hydrogen-bond acceptors (Lipinski definition) is 4. The number of nitrogens with zero attached hydrogens (tertiary/aromatic N) is 2. The van der Waals surface area contributed by atoms with Gasteiger partial charge in [0.15, 0.2) is 5.79 Å². The van der Waals surface area contributed by atoms with Gasteiger partial charge in [0.25, 0.3) is 0 Å². The van der Waals surface area contributed by atoms with Gasteiger partial charge >= 0.3 is 0 Å². The summed E-state index contributed by atoms with van der Waals surface area (Å²) in [6.45, 7) is 6.62. The van der Waals surface area contributed by atoms with Crippen molar-refractivity contribution in [2.24, 2.45) is 5.41 Å². The second-order valence-corrected chi connectivity index (χ2v) is 6.92. The van der Waals surface area contributed by atoms with E-state index in [2.05, 4.69) is 18.0 Å². The molecule has 1 aliphatic carbocycles. The van der Waals surface area contributed by atoms with E-state index in [1.807, 2.05) is 13.8 Å². The molecule has 1 saturated carbocycles. The molecule has 4 heteroatoms. The van der Waals surface area contributed by atoms with Crippen LogP contribution in [-0.2, 0) is 9.47 Å². The van der Waals surface area contributed by atoms with Gasteiger partial charge in [-0.25, -0.2) is 0 Å². The smallest absolute Gasteiger partial charge is 0.168 e. The average Bonchev–Trinajstić information content (AvgIpc) is 2.87. The van der Waals surface area contributed by atoms with Crippen LogP contribution in [0.4, 0.5) is 0 Å². The van der Waals surface area contributed by atoms with Crippen molar-refractivity contribution in [3.05, 3.63) is 0 Å². The normalized spacial score (nSPS) is 23.4. The predicted octanol–water partition coefficient (Wildman–Crippen LogP) is 2.93. The summed E-state index contributed by atoms with van der Waals surface area (Å²) in [5, 5.41) is 9.03. The van der Waals surface area contributed by atoms with Crippen molar-refractivity contribution in [2.45, 2.75) is 64.2 Å². The van der Waals surface area contributed by atoms with Crippen LogP contribution >= 0.6 is 0 Å². The third kappa shape index (κ3) is 3.94. The summed E-state index contributed by atoms with van der Waals surface area (Å²) >= 11 is 0. The maximum Gasteiger partial charge on any atom is 0.168 e.